The molecule has 0 radical (unpaired) electrons. The van der Waals surface area contributed by atoms with Crippen molar-refractivity contribution in [3.63, 3.8) is 0 Å². The predicted octanol–water partition coefficient (Wildman–Crippen LogP) is 8.42. The normalized spacial score (nSPS) is 29.9. The van der Waals surface area contributed by atoms with Crippen molar-refractivity contribution < 1.29 is 0 Å². The molecule has 3 rings (SSSR count). The van der Waals surface area contributed by atoms with Gasteiger partial charge in [0.25, 0.3) is 0 Å². The highest BCUT2D eigenvalue weighted by atomic mass is 35.5. The van der Waals surface area contributed by atoms with E-state index in [1.54, 1.807) is 5.54 Å². The molecular formula is C24H34Cl2. The number of aryl methyl sites for hydroxylation is 1. The van der Waals surface area contributed by atoms with Crippen LogP contribution in [0.1, 0.15) is 76.2 Å². The Balaban J connectivity index is 1.33. The van der Waals surface area contributed by atoms with Gasteiger partial charge < -0.3 is 0 Å². The lowest BCUT2D eigenvalue weighted by molar-refractivity contribution is 0.141. The minimum absolute atomic E-state index is 0.847. The van der Waals surface area contributed by atoms with Gasteiger partial charge in [-0.2, -0.15) is 0 Å². The van der Waals surface area contributed by atoms with Gasteiger partial charge in [0.05, 0.1) is 0 Å². The summed E-state index contributed by atoms with van der Waals surface area (Å²) in [6.45, 7) is 0. The quantitative estimate of drug-likeness (QED) is 0.436. The summed E-state index contributed by atoms with van der Waals surface area (Å²) in [7, 11) is 0. The second kappa shape index (κ2) is 10.8. The Morgan fingerprint density at radius 2 is 1.31 bits per heavy atom. The van der Waals surface area contributed by atoms with Crippen LogP contribution in [-0.2, 0) is 6.42 Å². The van der Waals surface area contributed by atoms with Gasteiger partial charge in [-0.15, -0.1) is 0 Å². The molecule has 0 nitrogen and oxygen atoms in total. The van der Waals surface area contributed by atoms with Crippen LogP contribution in [0.4, 0.5) is 0 Å². The SMILES string of the molecule is Cl/C=C/CCC1CCC(C2CCC(CCc3ccc(Cl)cc3)CC2)CC1. The largest absolute Gasteiger partial charge is 0.0933 e. The zero-order chi connectivity index (χ0) is 18.2. The van der Waals surface area contributed by atoms with Crippen LogP contribution in [0.5, 0.6) is 0 Å². The molecule has 0 heterocycles. The van der Waals surface area contributed by atoms with Crippen LogP contribution in [0, 0.1) is 23.7 Å². The van der Waals surface area contributed by atoms with Gasteiger partial charge in [-0.1, -0.05) is 67.1 Å². The van der Waals surface area contributed by atoms with E-state index in [2.05, 4.69) is 18.2 Å². The van der Waals surface area contributed by atoms with Crippen molar-refractivity contribution in [3.05, 3.63) is 46.5 Å². The van der Waals surface area contributed by atoms with Gasteiger partial charge in [0.1, 0.15) is 0 Å². The molecule has 2 saturated carbocycles. The fourth-order valence-electron chi connectivity index (χ4n) is 5.31. The minimum Gasteiger partial charge on any atom is -0.0933 e. The first-order valence-corrected chi connectivity index (χ1v) is 11.6. The van der Waals surface area contributed by atoms with Gasteiger partial charge in [0.15, 0.2) is 0 Å². The fourth-order valence-corrected chi connectivity index (χ4v) is 5.57. The second-order valence-corrected chi connectivity index (χ2v) is 9.35. The molecule has 0 spiro atoms. The number of hydrogen-bond acceptors (Lipinski definition) is 0. The smallest absolute Gasteiger partial charge is 0.0406 e. The summed E-state index contributed by atoms with van der Waals surface area (Å²) in [6.07, 6.45) is 18.9. The molecule has 2 aliphatic carbocycles. The van der Waals surface area contributed by atoms with Crippen LogP contribution in [0.3, 0.4) is 0 Å². The van der Waals surface area contributed by atoms with Crippen LogP contribution < -0.4 is 0 Å². The van der Waals surface area contributed by atoms with Crippen LogP contribution in [0.15, 0.2) is 35.9 Å². The van der Waals surface area contributed by atoms with Crippen LogP contribution >= 0.6 is 23.2 Å². The average Bonchev–Trinajstić information content (AvgIpc) is 2.69. The summed E-state index contributed by atoms with van der Waals surface area (Å²) in [5.41, 5.74) is 3.12. The molecule has 26 heavy (non-hydrogen) atoms. The van der Waals surface area contributed by atoms with E-state index >= 15 is 0 Å². The highest BCUT2D eigenvalue weighted by Gasteiger charge is 2.30. The maximum Gasteiger partial charge on any atom is 0.0406 e. The van der Waals surface area contributed by atoms with Crippen LogP contribution in [-0.4, -0.2) is 0 Å². The van der Waals surface area contributed by atoms with Crippen molar-refractivity contribution in [2.75, 3.05) is 0 Å². The van der Waals surface area contributed by atoms with E-state index in [-0.39, 0.29) is 0 Å². The zero-order valence-electron chi connectivity index (χ0n) is 16.0. The first-order valence-electron chi connectivity index (χ1n) is 10.7. The molecule has 0 bridgehead atoms. The summed E-state index contributed by atoms with van der Waals surface area (Å²) in [5.74, 6) is 3.94. The predicted molar refractivity (Wildman–Crippen MR) is 115 cm³/mol. The Morgan fingerprint density at radius 3 is 1.85 bits per heavy atom. The van der Waals surface area contributed by atoms with Crippen molar-refractivity contribution in [1.82, 2.24) is 0 Å². The van der Waals surface area contributed by atoms with E-state index in [1.807, 2.05) is 12.1 Å². The summed E-state index contributed by atoms with van der Waals surface area (Å²) < 4.78 is 0. The summed E-state index contributed by atoms with van der Waals surface area (Å²) in [4.78, 5) is 0. The average molecular weight is 393 g/mol. The van der Waals surface area contributed by atoms with Crippen molar-refractivity contribution >= 4 is 23.2 Å². The molecule has 0 saturated heterocycles. The van der Waals surface area contributed by atoms with E-state index in [0.717, 1.165) is 35.1 Å². The molecule has 0 N–H and O–H groups in total. The number of allylic oxidation sites excluding steroid dienone is 1. The Bertz CT molecular complexity index is 532. The standard InChI is InChI=1S/C24H34Cl2/c25-18-2-1-3-19-6-12-22(13-7-19)23-14-8-20(9-15-23)4-5-21-10-16-24(26)17-11-21/h2,10-11,16-20,22-23H,1,3-9,12-15H2/b18-2+. The van der Waals surface area contributed by atoms with Gasteiger partial charge in [-0.05, 0) is 92.7 Å². The molecule has 1 aromatic rings. The van der Waals surface area contributed by atoms with Gasteiger partial charge in [0, 0.05) is 10.6 Å². The highest BCUT2D eigenvalue weighted by molar-refractivity contribution is 6.30. The van der Waals surface area contributed by atoms with Crippen molar-refractivity contribution in [3.8, 4) is 0 Å². The van der Waals surface area contributed by atoms with Crippen molar-refractivity contribution in [2.45, 2.75) is 77.0 Å². The number of hydrogen-bond donors (Lipinski definition) is 0. The first-order chi connectivity index (χ1) is 12.7. The van der Waals surface area contributed by atoms with E-state index < -0.39 is 0 Å². The third-order valence-electron chi connectivity index (χ3n) is 7.03. The molecule has 144 valence electrons. The number of rotatable bonds is 7. The molecule has 0 atom stereocenters. The lowest BCUT2D eigenvalue weighted by atomic mass is 9.68. The van der Waals surface area contributed by atoms with Gasteiger partial charge in [-0.3, -0.25) is 0 Å². The van der Waals surface area contributed by atoms with E-state index in [0.29, 0.717) is 0 Å². The molecule has 1 aromatic carbocycles. The van der Waals surface area contributed by atoms with Crippen LogP contribution in [0.2, 0.25) is 5.02 Å². The Hall–Kier alpha value is -0.460. The Kier molecular flexibility index (Phi) is 8.40. The molecule has 2 aliphatic rings. The second-order valence-electron chi connectivity index (χ2n) is 8.67. The first kappa shape index (κ1) is 20.3. The van der Waals surface area contributed by atoms with Crippen molar-refractivity contribution in [2.24, 2.45) is 23.7 Å². The molecule has 0 aliphatic heterocycles. The van der Waals surface area contributed by atoms with E-state index in [4.69, 9.17) is 23.2 Å². The molecule has 2 heteroatoms. The van der Waals surface area contributed by atoms with Gasteiger partial charge in [-0.25, -0.2) is 0 Å². The fraction of sp³-hybridized carbons (Fsp3) is 0.667. The zero-order valence-corrected chi connectivity index (χ0v) is 17.5. The highest BCUT2D eigenvalue weighted by Crippen LogP contribution is 2.43. The van der Waals surface area contributed by atoms with Crippen molar-refractivity contribution in [1.29, 1.82) is 0 Å². The monoisotopic (exact) mass is 392 g/mol. The Labute approximate surface area is 170 Å². The summed E-state index contributed by atoms with van der Waals surface area (Å²) in [6, 6.07) is 8.43. The number of benzene rings is 1. The van der Waals surface area contributed by atoms with Crippen LogP contribution in [0.25, 0.3) is 0 Å². The minimum atomic E-state index is 0.847. The number of halogens is 2. The lowest BCUT2D eigenvalue weighted by Gasteiger charge is -2.38. The maximum absolute atomic E-state index is 5.98. The van der Waals surface area contributed by atoms with Gasteiger partial charge >= 0.3 is 0 Å². The summed E-state index contributed by atoms with van der Waals surface area (Å²) >= 11 is 11.6. The lowest BCUT2D eigenvalue weighted by Crippen LogP contribution is -2.26. The Morgan fingerprint density at radius 1 is 0.769 bits per heavy atom. The molecule has 0 unspecified atom stereocenters. The maximum atomic E-state index is 5.98. The molecular weight excluding hydrogens is 359 g/mol. The topological polar surface area (TPSA) is 0 Å². The summed E-state index contributed by atoms with van der Waals surface area (Å²) in [5, 5.41) is 0.847. The van der Waals surface area contributed by atoms with Gasteiger partial charge in [0.2, 0.25) is 0 Å². The molecule has 2 fully saturated rings. The van der Waals surface area contributed by atoms with E-state index in [9.17, 15) is 0 Å². The van der Waals surface area contributed by atoms with E-state index in [1.165, 1.54) is 76.2 Å². The molecule has 0 amide bonds. The molecule has 0 aromatic heterocycles. The third-order valence-corrected chi connectivity index (χ3v) is 7.46. The third kappa shape index (κ3) is 6.31.